The van der Waals surface area contributed by atoms with Gasteiger partial charge in [-0.25, -0.2) is 4.79 Å². The number of hydrogen-bond donors (Lipinski definition) is 3. The predicted octanol–water partition coefficient (Wildman–Crippen LogP) is 0.261. The molecule has 1 aromatic heterocycles. The molecule has 5 heteroatoms. The molecule has 90 valence electrons. The highest BCUT2D eigenvalue weighted by Gasteiger charge is 2.10. The molecule has 1 aliphatic heterocycles. The first-order valence-corrected chi connectivity index (χ1v) is 5.95. The molecule has 5 nitrogen and oxygen atoms in total. The SMILES string of the molecule is O=c1[nH]c2ccc(CN3CCNCC3)cc2[nH]1. The molecule has 0 aliphatic carbocycles. The monoisotopic (exact) mass is 232 g/mol. The predicted molar refractivity (Wildman–Crippen MR) is 67.1 cm³/mol. The number of nitrogens with zero attached hydrogens (tertiary/aromatic N) is 1. The van der Waals surface area contributed by atoms with E-state index in [9.17, 15) is 4.79 Å². The molecule has 2 aromatic rings. The number of aromatic amines is 2. The minimum atomic E-state index is -0.140. The summed E-state index contributed by atoms with van der Waals surface area (Å²) in [5.74, 6) is 0. The van der Waals surface area contributed by atoms with Gasteiger partial charge < -0.3 is 15.3 Å². The third-order valence-electron chi connectivity index (χ3n) is 3.20. The van der Waals surface area contributed by atoms with E-state index in [1.54, 1.807) is 0 Å². The van der Waals surface area contributed by atoms with Crippen molar-refractivity contribution in [2.45, 2.75) is 6.54 Å². The average molecular weight is 232 g/mol. The van der Waals surface area contributed by atoms with Gasteiger partial charge in [-0.1, -0.05) is 6.07 Å². The zero-order valence-corrected chi connectivity index (χ0v) is 9.62. The highest BCUT2D eigenvalue weighted by Crippen LogP contribution is 2.12. The van der Waals surface area contributed by atoms with Gasteiger partial charge in [-0.3, -0.25) is 4.90 Å². The second-order valence-electron chi connectivity index (χ2n) is 4.49. The number of aromatic nitrogens is 2. The molecule has 0 bridgehead atoms. The molecule has 1 aromatic carbocycles. The fourth-order valence-electron chi connectivity index (χ4n) is 2.31. The van der Waals surface area contributed by atoms with Crippen LogP contribution in [0.2, 0.25) is 0 Å². The van der Waals surface area contributed by atoms with Crippen LogP contribution in [-0.4, -0.2) is 41.0 Å². The molecular weight excluding hydrogens is 216 g/mol. The van der Waals surface area contributed by atoms with Gasteiger partial charge in [0.2, 0.25) is 0 Å². The van der Waals surface area contributed by atoms with Crippen LogP contribution in [0.25, 0.3) is 11.0 Å². The molecule has 3 N–H and O–H groups in total. The summed E-state index contributed by atoms with van der Waals surface area (Å²) in [6.45, 7) is 5.24. The summed E-state index contributed by atoms with van der Waals surface area (Å²) in [7, 11) is 0. The quantitative estimate of drug-likeness (QED) is 0.696. The lowest BCUT2D eigenvalue weighted by Crippen LogP contribution is -2.42. The maximum absolute atomic E-state index is 11.2. The van der Waals surface area contributed by atoms with Crippen molar-refractivity contribution < 1.29 is 0 Å². The van der Waals surface area contributed by atoms with Gasteiger partial charge in [-0.2, -0.15) is 0 Å². The minimum absolute atomic E-state index is 0.140. The standard InChI is InChI=1S/C12H16N4O/c17-12-14-10-2-1-9(7-11(10)15-12)8-16-5-3-13-4-6-16/h1-2,7,13H,3-6,8H2,(H2,14,15,17). The Hall–Kier alpha value is -1.59. The normalized spacial score (nSPS) is 17.6. The number of H-pyrrole nitrogens is 2. The third-order valence-corrected chi connectivity index (χ3v) is 3.20. The summed E-state index contributed by atoms with van der Waals surface area (Å²) in [5, 5.41) is 3.34. The Morgan fingerprint density at radius 3 is 2.71 bits per heavy atom. The van der Waals surface area contributed by atoms with Crippen LogP contribution in [0.3, 0.4) is 0 Å². The number of imidazole rings is 1. The number of benzene rings is 1. The van der Waals surface area contributed by atoms with E-state index in [4.69, 9.17) is 0 Å². The molecule has 1 saturated heterocycles. The van der Waals surface area contributed by atoms with Gasteiger partial charge >= 0.3 is 5.69 Å². The van der Waals surface area contributed by atoms with Gasteiger partial charge in [0.25, 0.3) is 0 Å². The third kappa shape index (κ3) is 2.25. The maximum Gasteiger partial charge on any atom is 0.323 e. The van der Waals surface area contributed by atoms with E-state index in [1.165, 1.54) is 5.56 Å². The van der Waals surface area contributed by atoms with E-state index in [1.807, 2.05) is 6.07 Å². The first kappa shape index (κ1) is 10.6. The van der Waals surface area contributed by atoms with Gasteiger partial charge in [-0.05, 0) is 17.7 Å². The summed E-state index contributed by atoms with van der Waals surface area (Å²) >= 11 is 0. The molecule has 0 amide bonds. The summed E-state index contributed by atoms with van der Waals surface area (Å²) < 4.78 is 0. The molecule has 3 rings (SSSR count). The van der Waals surface area contributed by atoms with Crippen molar-refractivity contribution in [3.8, 4) is 0 Å². The highest BCUT2D eigenvalue weighted by atomic mass is 16.1. The summed E-state index contributed by atoms with van der Waals surface area (Å²) in [4.78, 5) is 19.1. The van der Waals surface area contributed by atoms with E-state index in [0.29, 0.717) is 0 Å². The first-order valence-electron chi connectivity index (χ1n) is 5.95. The van der Waals surface area contributed by atoms with Crippen molar-refractivity contribution in [3.05, 3.63) is 34.2 Å². The number of rotatable bonds is 2. The van der Waals surface area contributed by atoms with E-state index >= 15 is 0 Å². The second kappa shape index (κ2) is 4.35. The zero-order chi connectivity index (χ0) is 11.7. The maximum atomic E-state index is 11.2. The molecule has 0 saturated carbocycles. The Morgan fingerprint density at radius 1 is 1.12 bits per heavy atom. The molecule has 0 unspecified atom stereocenters. The first-order chi connectivity index (χ1) is 8.31. The van der Waals surface area contributed by atoms with Crippen molar-refractivity contribution in [1.29, 1.82) is 0 Å². The summed E-state index contributed by atoms with van der Waals surface area (Å²) in [5.41, 5.74) is 2.87. The number of hydrogen-bond acceptors (Lipinski definition) is 3. The average Bonchev–Trinajstić information content (AvgIpc) is 2.70. The molecule has 0 radical (unpaired) electrons. The number of piperazine rings is 1. The van der Waals surface area contributed by atoms with E-state index in [2.05, 4.69) is 32.3 Å². The number of fused-ring (bicyclic) bond motifs is 1. The van der Waals surface area contributed by atoms with E-state index < -0.39 is 0 Å². The number of nitrogens with one attached hydrogen (secondary N) is 3. The van der Waals surface area contributed by atoms with Crippen LogP contribution in [-0.2, 0) is 6.54 Å². The second-order valence-corrected chi connectivity index (χ2v) is 4.49. The summed E-state index contributed by atoms with van der Waals surface area (Å²) in [6.07, 6.45) is 0. The Morgan fingerprint density at radius 2 is 1.88 bits per heavy atom. The van der Waals surface area contributed by atoms with Crippen molar-refractivity contribution in [2.24, 2.45) is 0 Å². The van der Waals surface area contributed by atoms with Crippen molar-refractivity contribution in [1.82, 2.24) is 20.2 Å². The van der Waals surface area contributed by atoms with Gasteiger partial charge in [-0.15, -0.1) is 0 Å². The van der Waals surface area contributed by atoms with Crippen LogP contribution in [0, 0.1) is 0 Å². The van der Waals surface area contributed by atoms with Crippen LogP contribution in [0.4, 0.5) is 0 Å². The highest BCUT2D eigenvalue weighted by molar-refractivity contribution is 5.74. The van der Waals surface area contributed by atoms with Crippen molar-refractivity contribution in [3.63, 3.8) is 0 Å². The molecule has 17 heavy (non-hydrogen) atoms. The smallest absolute Gasteiger partial charge is 0.314 e. The molecular formula is C12H16N4O. The van der Waals surface area contributed by atoms with Gasteiger partial charge in [0.15, 0.2) is 0 Å². The Bertz CT molecular complexity index is 565. The van der Waals surface area contributed by atoms with Gasteiger partial charge in [0.05, 0.1) is 11.0 Å². The fraction of sp³-hybridized carbons (Fsp3) is 0.417. The summed E-state index contributed by atoms with van der Waals surface area (Å²) in [6, 6.07) is 6.09. The lowest BCUT2D eigenvalue weighted by molar-refractivity contribution is 0.233. The topological polar surface area (TPSA) is 63.9 Å². The lowest BCUT2D eigenvalue weighted by Gasteiger charge is -2.27. The van der Waals surface area contributed by atoms with Gasteiger partial charge in [0, 0.05) is 32.7 Å². The Kier molecular flexibility index (Phi) is 2.70. The van der Waals surface area contributed by atoms with Crippen LogP contribution in [0.5, 0.6) is 0 Å². The van der Waals surface area contributed by atoms with Crippen molar-refractivity contribution >= 4 is 11.0 Å². The van der Waals surface area contributed by atoms with Crippen LogP contribution in [0.1, 0.15) is 5.56 Å². The van der Waals surface area contributed by atoms with Crippen LogP contribution < -0.4 is 11.0 Å². The molecule has 0 spiro atoms. The fourth-order valence-corrected chi connectivity index (χ4v) is 2.31. The molecule has 1 fully saturated rings. The van der Waals surface area contributed by atoms with Crippen molar-refractivity contribution in [2.75, 3.05) is 26.2 Å². The van der Waals surface area contributed by atoms with E-state index in [-0.39, 0.29) is 5.69 Å². The molecule has 0 atom stereocenters. The van der Waals surface area contributed by atoms with Crippen LogP contribution in [0.15, 0.2) is 23.0 Å². The Labute approximate surface area is 98.8 Å². The minimum Gasteiger partial charge on any atom is -0.314 e. The van der Waals surface area contributed by atoms with E-state index in [0.717, 1.165) is 43.8 Å². The largest absolute Gasteiger partial charge is 0.323 e. The van der Waals surface area contributed by atoms with Crippen LogP contribution >= 0.6 is 0 Å². The van der Waals surface area contributed by atoms with Gasteiger partial charge in [0.1, 0.15) is 0 Å². The lowest BCUT2D eigenvalue weighted by atomic mass is 10.2. The Balaban J connectivity index is 1.82. The zero-order valence-electron chi connectivity index (χ0n) is 9.62. The molecule has 1 aliphatic rings. The molecule has 2 heterocycles.